The number of carbonyl (C=O) groups excluding carboxylic acids is 1. The Bertz CT molecular complexity index is 719. The lowest BCUT2D eigenvalue weighted by atomic mass is 9.93. The number of aryl methyl sites for hydroxylation is 1. The molecule has 1 aliphatic rings. The highest BCUT2D eigenvalue weighted by Gasteiger charge is 2.29. The highest BCUT2D eigenvalue weighted by molar-refractivity contribution is 5.93. The maximum absolute atomic E-state index is 12.7. The first-order valence-corrected chi connectivity index (χ1v) is 9.06. The van der Waals surface area contributed by atoms with E-state index in [0.717, 1.165) is 43.1 Å². The molecule has 0 aliphatic carbocycles. The van der Waals surface area contributed by atoms with Crippen LogP contribution in [-0.2, 0) is 4.79 Å². The molecule has 1 amide bonds. The first-order valence-electron chi connectivity index (χ1n) is 9.06. The Kier molecular flexibility index (Phi) is 5.22. The van der Waals surface area contributed by atoms with Crippen LogP contribution in [0.4, 0.5) is 5.82 Å². The number of rotatable bonds is 5. The van der Waals surface area contributed by atoms with Crippen molar-refractivity contribution < 1.29 is 4.79 Å². The maximum Gasteiger partial charge on any atom is 0.242 e. The molecule has 3 heterocycles. The van der Waals surface area contributed by atoms with Gasteiger partial charge in [-0.25, -0.2) is 4.68 Å². The van der Waals surface area contributed by atoms with Gasteiger partial charge in [0.05, 0.1) is 17.9 Å². The van der Waals surface area contributed by atoms with E-state index in [1.807, 2.05) is 38.4 Å². The van der Waals surface area contributed by atoms with Crippen LogP contribution in [0, 0.1) is 6.92 Å². The van der Waals surface area contributed by atoms with E-state index in [0.29, 0.717) is 5.92 Å². The van der Waals surface area contributed by atoms with E-state index in [1.165, 1.54) is 0 Å². The van der Waals surface area contributed by atoms with Crippen molar-refractivity contribution in [2.45, 2.75) is 58.5 Å². The molecule has 136 valence electrons. The molecule has 2 aromatic rings. The second kappa shape index (κ2) is 7.39. The number of anilines is 1. The van der Waals surface area contributed by atoms with E-state index >= 15 is 0 Å². The van der Waals surface area contributed by atoms with Crippen molar-refractivity contribution in [3.63, 3.8) is 0 Å². The quantitative estimate of drug-likeness (QED) is 0.874. The Morgan fingerprint density at radius 2 is 2.20 bits per heavy atom. The molecule has 0 spiro atoms. The number of H-pyrrole nitrogens is 1. The number of hydrogen-bond acceptors (Lipinski definition) is 4. The van der Waals surface area contributed by atoms with Crippen LogP contribution in [0.1, 0.15) is 57.0 Å². The summed E-state index contributed by atoms with van der Waals surface area (Å²) < 4.78 is 1.83. The second-order valence-electron chi connectivity index (χ2n) is 7.23. The average Bonchev–Trinajstić information content (AvgIpc) is 3.23. The number of nitrogens with zero attached hydrogens (tertiary/aromatic N) is 4. The molecule has 2 N–H and O–H groups in total. The number of piperidine rings is 1. The third kappa shape index (κ3) is 3.92. The summed E-state index contributed by atoms with van der Waals surface area (Å²) in [4.78, 5) is 15.0. The molecule has 7 heteroatoms. The monoisotopic (exact) mass is 344 g/mol. The van der Waals surface area contributed by atoms with Gasteiger partial charge in [0.2, 0.25) is 5.91 Å². The first kappa shape index (κ1) is 17.7. The summed E-state index contributed by atoms with van der Waals surface area (Å²) in [5.41, 5.74) is 2.19. The van der Waals surface area contributed by atoms with Crippen LogP contribution in [0.3, 0.4) is 0 Å². The summed E-state index contributed by atoms with van der Waals surface area (Å²) in [6.45, 7) is 9.90. The average molecular weight is 344 g/mol. The Balaban J connectivity index is 1.64. The number of aromatic amines is 1. The Hall–Kier alpha value is -2.15. The molecule has 25 heavy (non-hydrogen) atoms. The minimum absolute atomic E-state index is 0.0151. The molecule has 1 saturated heterocycles. The number of likely N-dealkylation sites (tertiary alicyclic amines) is 1. The van der Waals surface area contributed by atoms with Gasteiger partial charge < -0.3 is 5.32 Å². The lowest BCUT2D eigenvalue weighted by molar-refractivity contribution is -0.121. The van der Waals surface area contributed by atoms with Crippen LogP contribution in [-0.4, -0.2) is 49.9 Å². The van der Waals surface area contributed by atoms with Crippen LogP contribution in [0.15, 0.2) is 18.3 Å². The van der Waals surface area contributed by atoms with E-state index in [4.69, 9.17) is 0 Å². The zero-order valence-corrected chi connectivity index (χ0v) is 15.5. The van der Waals surface area contributed by atoms with Gasteiger partial charge in [-0.3, -0.25) is 14.8 Å². The fraction of sp³-hybridized carbons (Fsp3) is 0.611. The molecule has 2 atom stereocenters. The number of carbonyl (C=O) groups is 1. The van der Waals surface area contributed by atoms with Gasteiger partial charge >= 0.3 is 0 Å². The SMILES string of the molecule is Cc1cc([C@H]2CCCN([C@@H](C)C(=O)Nc3ccnn3C(C)C)C2)n[nH]1. The second-order valence-corrected chi connectivity index (χ2v) is 7.23. The number of nitrogens with one attached hydrogen (secondary N) is 2. The molecular formula is C18H28N6O. The van der Waals surface area contributed by atoms with Gasteiger partial charge in [-0.15, -0.1) is 0 Å². The zero-order valence-electron chi connectivity index (χ0n) is 15.5. The fourth-order valence-corrected chi connectivity index (χ4v) is 3.47. The van der Waals surface area contributed by atoms with Crippen molar-refractivity contribution in [2.75, 3.05) is 18.4 Å². The van der Waals surface area contributed by atoms with Crippen LogP contribution >= 0.6 is 0 Å². The van der Waals surface area contributed by atoms with Crippen molar-refractivity contribution in [3.8, 4) is 0 Å². The Morgan fingerprint density at radius 1 is 1.40 bits per heavy atom. The molecule has 1 aliphatic heterocycles. The molecule has 2 aromatic heterocycles. The van der Waals surface area contributed by atoms with Crippen molar-refractivity contribution >= 4 is 11.7 Å². The summed E-state index contributed by atoms with van der Waals surface area (Å²) in [7, 11) is 0. The van der Waals surface area contributed by atoms with Gasteiger partial charge in [-0.05, 0) is 53.1 Å². The van der Waals surface area contributed by atoms with Gasteiger partial charge in [0.1, 0.15) is 5.82 Å². The van der Waals surface area contributed by atoms with E-state index in [9.17, 15) is 4.79 Å². The molecule has 0 bridgehead atoms. The van der Waals surface area contributed by atoms with Crippen molar-refractivity contribution in [2.24, 2.45) is 0 Å². The molecule has 3 rings (SSSR count). The summed E-state index contributed by atoms with van der Waals surface area (Å²) in [6, 6.07) is 3.98. The van der Waals surface area contributed by atoms with Crippen molar-refractivity contribution in [1.82, 2.24) is 24.9 Å². The highest BCUT2D eigenvalue weighted by atomic mass is 16.2. The molecule has 0 unspecified atom stereocenters. The van der Waals surface area contributed by atoms with Gasteiger partial charge in [0.25, 0.3) is 0 Å². The van der Waals surface area contributed by atoms with Gasteiger partial charge in [-0.1, -0.05) is 0 Å². The van der Waals surface area contributed by atoms with Gasteiger partial charge in [-0.2, -0.15) is 10.2 Å². The molecule has 0 aromatic carbocycles. The number of aromatic nitrogens is 4. The number of hydrogen-bond donors (Lipinski definition) is 2. The first-order chi connectivity index (χ1) is 12.0. The maximum atomic E-state index is 12.7. The van der Waals surface area contributed by atoms with Crippen molar-refractivity contribution in [3.05, 3.63) is 29.7 Å². The zero-order chi connectivity index (χ0) is 18.0. The van der Waals surface area contributed by atoms with Crippen LogP contribution < -0.4 is 5.32 Å². The summed E-state index contributed by atoms with van der Waals surface area (Å²) in [6.07, 6.45) is 3.92. The molecule has 1 fully saturated rings. The predicted octanol–water partition coefficient (Wildman–Crippen LogP) is 2.70. The highest BCUT2D eigenvalue weighted by Crippen LogP contribution is 2.27. The van der Waals surface area contributed by atoms with Crippen LogP contribution in [0.2, 0.25) is 0 Å². The van der Waals surface area contributed by atoms with E-state index in [1.54, 1.807) is 6.20 Å². The Labute approximate surface area is 148 Å². The molecule has 0 radical (unpaired) electrons. The minimum atomic E-state index is -0.182. The lowest BCUT2D eigenvalue weighted by Gasteiger charge is -2.35. The van der Waals surface area contributed by atoms with Crippen molar-refractivity contribution in [1.29, 1.82) is 0 Å². The molecular weight excluding hydrogens is 316 g/mol. The summed E-state index contributed by atoms with van der Waals surface area (Å²) >= 11 is 0. The van der Waals surface area contributed by atoms with E-state index in [-0.39, 0.29) is 18.0 Å². The number of amides is 1. The summed E-state index contributed by atoms with van der Waals surface area (Å²) in [5.74, 6) is 1.15. The fourth-order valence-electron chi connectivity index (χ4n) is 3.47. The standard InChI is InChI=1S/C18H28N6O/c1-12(2)24-17(7-8-19-24)20-18(25)14(4)23-9-5-6-15(11-23)16-10-13(3)21-22-16/h7-8,10,12,14-15H,5-6,9,11H2,1-4H3,(H,20,25)(H,21,22)/t14-,15-/m0/s1. The van der Waals surface area contributed by atoms with Gasteiger partial charge in [0.15, 0.2) is 0 Å². The van der Waals surface area contributed by atoms with E-state index < -0.39 is 0 Å². The normalized spacial score (nSPS) is 20.0. The van der Waals surface area contributed by atoms with Gasteiger partial charge in [0, 0.05) is 30.3 Å². The lowest BCUT2D eigenvalue weighted by Crippen LogP contribution is -2.46. The molecule has 0 saturated carbocycles. The van der Waals surface area contributed by atoms with E-state index in [2.05, 4.69) is 31.6 Å². The smallest absolute Gasteiger partial charge is 0.242 e. The predicted molar refractivity (Wildman–Crippen MR) is 97.6 cm³/mol. The summed E-state index contributed by atoms with van der Waals surface area (Å²) in [5, 5.41) is 14.7. The molecule has 7 nitrogen and oxygen atoms in total. The third-order valence-corrected chi connectivity index (χ3v) is 4.93. The largest absolute Gasteiger partial charge is 0.310 e. The third-order valence-electron chi connectivity index (χ3n) is 4.93. The Morgan fingerprint density at radius 3 is 2.88 bits per heavy atom. The minimum Gasteiger partial charge on any atom is -0.310 e. The van der Waals surface area contributed by atoms with Crippen LogP contribution in [0.5, 0.6) is 0 Å². The topological polar surface area (TPSA) is 78.8 Å². The van der Waals surface area contributed by atoms with Crippen LogP contribution in [0.25, 0.3) is 0 Å².